The molecule has 0 bridgehead atoms. The molecule has 1 heterocycles. The fourth-order valence-corrected chi connectivity index (χ4v) is 3.93. The molecule has 2 aromatic rings. The smallest absolute Gasteiger partial charge is 0.242 e. The van der Waals surface area contributed by atoms with E-state index in [4.69, 9.17) is 0 Å². The number of benzene rings is 1. The van der Waals surface area contributed by atoms with Crippen LogP contribution < -0.4 is 5.32 Å². The van der Waals surface area contributed by atoms with Gasteiger partial charge in [-0.1, -0.05) is 27.2 Å². The van der Waals surface area contributed by atoms with Crippen molar-refractivity contribution in [2.75, 3.05) is 14.1 Å². The van der Waals surface area contributed by atoms with Crippen LogP contribution in [0.3, 0.4) is 0 Å². The molecular formula is C21H34N4O3S. The zero-order chi connectivity index (χ0) is 21.8. The topological polar surface area (TPSA) is 84.3 Å². The van der Waals surface area contributed by atoms with Gasteiger partial charge in [0.25, 0.3) is 0 Å². The van der Waals surface area contributed by atoms with Gasteiger partial charge in [0.1, 0.15) is 5.82 Å². The molecule has 0 spiro atoms. The highest BCUT2D eigenvalue weighted by Gasteiger charge is 2.20. The number of rotatable bonds is 10. The van der Waals surface area contributed by atoms with Gasteiger partial charge in [-0.2, -0.15) is 0 Å². The Morgan fingerprint density at radius 2 is 1.93 bits per heavy atom. The maximum Gasteiger partial charge on any atom is 0.242 e. The summed E-state index contributed by atoms with van der Waals surface area (Å²) in [7, 11) is -0.485. The summed E-state index contributed by atoms with van der Waals surface area (Å²) >= 11 is 0. The molecule has 1 atom stereocenters. The zero-order valence-corrected chi connectivity index (χ0v) is 19.2. The first kappa shape index (κ1) is 23.3. The maximum absolute atomic E-state index is 12.5. The van der Waals surface area contributed by atoms with Crippen molar-refractivity contribution in [1.29, 1.82) is 0 Å². The molecule has 7 nitrogen and oxygen atoms in total. The van der Waals surface area contributed by atoms with E-state index >= 15 is 0 Å². The van der Waals surface area contributed by atoms with Crippen molar-refractivity contribution in [2.45, 2.75) is 70.9 Å². The number of imidazole rings is 1. The minimum absolute atomic E-state index is 0.0103. The molecule has 29 heavy (non-hydrogen) atoms. The molecule has 0 saturated carbocycles. The molecule has 162 valence electrons. The van der Waals surface area contributed by atoms with Crippen LogP contribution in [0.25, 0.3) is 11.0 Å². The molecule has 0 aliphatic rings. The lowest BCUT2D eigenvalue weighted by Crippen LogP contribution is -2.36. The second-order valence-corrected chi connectivity index (χ2v) is 10.2. The van der Waals surface area contributed by atoms with Gasteiger partial charge in [0.2, 0.25) is 15.9 Å². The quantitative estimate of drug-likeness (QED) is 0.637. The first-order valence-corrected chi connectivity index (χ1v) is 11.7. The van der Waals surface area contributed by atoms with Crippen LogP contribution in [0.2, 0.25) is 0 Å². The Morgan fingerprint density at radius 1 is 1.24 bits per heavy atom. The summed E-state index contributed by atoms with van der Waals surface area (Å²) in [5.74, 6) is 1.21. The Balaban J connectivity index is 2.31. The van der Waals surface area contributed by atoms with Crippen LogP contribution in [0.5, 0.6) is 0 Å². The zero-order valence-electron chi connectivity index (χ0n) is 18.4. The van der Waals surface area contributed by atoms with Gasteiger partial charge in [-0.25, -0.2) is 17.7 Å². The SMILES string of the molecule is CCCCn1c(CCC(=O)N[C@@H](C)C(C)C)nc2cc(S(=O)(=O)N(C)C)ccc21. The van der Waals surface area contributed by atoms with Crippen molar-refractivity contribution in [2.24, 2.45) is 5.92 Å². The van der Waals surface area contributed by atoms with Gasteiger partial charge in [0.15, 0.2) is 0 Å². The number of carbonyl (C=O) groups is 1. The number of fused-ring (bicyclic) bond motifs is 1. The summed E-state index contributed by atoms with van der Waals surface area (Å²) in [4.78, 5) is 17.2. The first-order chi connectivity index (χ1) is 13.6. The van der Waals surface area contributed by atoms with Crippen molar-refractivity contribution in [3.05, 3.63) is 24.0 Å². The first-order valence-electron chi connectivity index (χ1n) is 10.3. The summed E-state index contributed by atoms with van der Waals surface area (Å²) in [5, 5.41) is 3.03. The lowest BCUT2D eigenvalue weighted by molar-refractivity contribution is -0.121. The van der Waals surface area contributed by atoms with E-state index in [1.165, 1.54) is 18.4 Å². The number of hydrogen-bond donors (Lipinski definition) is 1. The van der Waals surface area contributed by atoms with Crippen molar-refractivity contribution in [1.82, 2.24) is 19.2 Å². The lowest BCUT2D eigenvalue weighted by atomic mass is 10.1. The van der Waals surface area contributed by atoms with Crippen molar-refractivity contribution >= 4 is 27.0 Å². The van der Waals surface area contributed by atoms with Crippen molar-refractivity contribution in [3.8, 4) is 0 Å². The largest absolute Gasteiger partial charge is 0.353 e. The Labute approximate surface area is 174 Å². The average Bonchev–Trinajstić information content (AvgIpc) is 3.00. The van der Waals surface area contributed by atoms with E-state index < -0.39 is 10.0 Å². The van der Waals surface area contributed by atoms with E-state index in [0.29, 0.717) is 24.3 Å². The highest BCUT2D eigenvalue weighted by molar-refractivity contribution is 7.89. The highest BCUT2D eigenvalue weighted by Crippen LogP contribution is 2.23. The summed E-state index contributed by atoms with van der Waals surface area (Å²) < 4.78 is 28.2. The molecule has 0 unspecified atom stereocenters. The van der Waals surface area contributed by atoms with Gasteiger partial charge in [-0.05, 0) is 37.5 Å². The molecule has 0 aliphatic carbocycles. The number of carbonyl (C=O) groups excluding carboxylic acids is 1. The molecular weight excluding hydrogens is 388 g/mol. The average molecular weight is 423 g/mol. The van der Waals surface area contributed by atoms with Gasteiger partial charge >= 0.3 is 0 Å². The van der Waals surface area contributed by atoms with Crippen LogP contribution in [0.4, 0.5) is 0 Å². The van der Waals surface area contributed by atoms with Crippen LogP contribution in [0.15, 0.2) is 23.1 Å². The second kappa shape index (κ2) is 9.71. The van der Waals surface area contributed by atoms with E-state index in [2.05, 4.69) is 35.6 Å². The summed E-state index contributed by atoms with van der Waals surface area (Å²) in [6.07, 6.45) is 2.91. The highest BCUT2D eigenvalue weighted by atomic mass is 32.2. The van der Waals surface area contributed by atoms with Crippen LogP contribution in [-0.4, -0.2) is 48.3 Å². The lowest BCUT2D eigenvalue weighted by Gasteiger charge is -2.17. The third kappa shape index (κ3) is 5.57. The van der Waals surface area contributed by atoms with Gasteiger partial charge < -0.3 is 9.88 Å². The second-order valence-electron chi connectivity index (χ2n) is 8.07. The van der Waals surface area contributed by atoms with Crippen LogP contribution >= 0.6 is 0 Å². The molecule has 1 amide bonds. The van der Waals surface area contributed by atoms with E-state index in [1.807, 2.05) is 13.0 Å². The Kier molecular flexibility index (Phi) is 7.82. The standard InChI is InChI=1S/C21H34N4O3S/c1-7-8-13-25-19-10-9-17(29(27,28)24(5)6)14-18(19)23-20(25)11-12-21(26)22-16(4)15(2)3/h9-10,14-16H,7-8,11-13H2,1-6H3,(H,22,26)/t16-/m0/s1. The molecule has 0 saturated heterocycles. The third-order valence-corrected chi connectivity index (χ3v) is 7.09. The molecule has 1 aromatic carbocycles. The van der Waals surface area contributed by atoms with E-state index in [1.54, 1.807) is 12.1 Å². The molecule has 2 rings (SSSR count). The van der Waals surface area contributed by atoms with Gasteiger partial charge in [-0.15, -0.1) is 0 Å². The molecule has 8 heteroatoms. The summed E-state index contributed by atoms with van der Waals surface area (Å²) in [6.45, 7) is 9.09. The predicted molar refractivity (Wildman–Crippen MR) is 116 cm³/mol. The maximum atomic E-state index is 12.5. The van der Waals surface area contributed by atoms with Crippen LogP contribution in [0, 0.1) is 5.92 Å². The minimum atomic E-state index is -3.52. The van der Waals surface area contributed by atoms with Gasteiger partial charge in [0, 0.05) is 39.5 Å². The number of unbranched alkanes of at least 4 members (excludes halogenated alkanes) is 1. The molecule has 1 N–H and O–H groups in total. The van der Waals surface area contributed by atoms with Crippen LogP contribution in [0.1, 0.15) is 52.8 Å². The van der Waals surface area contributed by atoms with E-state index in [9.17, 15) is 13.2 Å². The fraction of sp³-hybridized carbons (Fsp3) is 0.619. The number of hydrogen-bond acceptors (Lipinski definition) is 4. The summed E-state index contributed by atoms with van der Waals surface area (Å²) in [5.41, 5.74) is 1.55. The molecule has 1 aromatic heterocycles. The third-order valence-electron chi connectivity index (χ3n) is 5.28. The number of sulfonamides is 1. The number of nitrogens with one attached hydrogen (secondary N) is 1. The summed E-state index contributed by atoms with van der Waals surface area (Å²) in [6, 6.07) is 5.19. The normalized spacial score (nSPS) is 13.4. The number of aromatic nitrogens is 2. The molecule has 0 aliphatic heterocycles. The van der Waals surface area contributed by atoms with E-state index in [0.717, 1.165) is 30.7 Å². The van der Waals surface area contributed by atoms with Crippen LogP contribution in [-0.2, 0) is 27.8 Å². The van der Waals surface area contributed by atoms with Crippen molar-refractivity contribution in [3.63, 3.8) is 0 Å². The fourth-order valence-electron chi connectivity index (χ4n) is 3.01. The Morgan fingerprint density at radius 3 is 2.52 bits per heavy atom. The predicted octanol–water partition coefficient (Wildman–Crippen LogP) is 3.18. The number of aryl methyl sites for hydroxylation is 2. The number of amides is 1. The van der Waals surface area contributed by atoms with Gasteiger partial charge in [-0.3, -0.25) is 4.79 Å². The Hall–Kier alpha value is -1.93. The Bertz CT molecular complexity index is 948. The molecule has 0 fully saturated rings. The monoisotopic (exact) mass is 422 g/mol. The van der Waals surface area contributed by atoms with Gasteiger partial charge in [0.05, 0.1) is 15.9 Å². The molecule has 0 radical (unpaired) electrons. The number of nitrogens with zero attached hydrogens (tertiary/aromatic N) is 3. The van der Waals surface area contributed by atoms with E-state index in [-0.39, 0.29) is 16.8 Å². The minimum Gasteiger partial charge on any atom is -0.353 e. The van der Waals surface area contributed by atoms with Crippen molar-refractivity contribution < 1.29 is 13.2 Å².